The molecule has 2 N–H and O–H groups in total. The van der Waals surface area contributed by atoms with Gasteiger partial charge in [-0.15, -0.1) is 5.10 Å². The Labute approximate surface area is 129 Å². The molecule has 1 aromatic heterocycles. The topological polar surface area (TPSA) is 69.6 Å². The number of rotatable bonds is 2. The van der Waals surface area contributed by atoms with Gasteiger partial charge in [0.2, 0.25) is 0 Å². The average molecular weight is 324 g/mol. The summed E-state index contributed by atoms with van der Waals surface area (Å²) in [6.45, 7) is 0. The van der Waals surface area contributed by atoms with Crippen LogP contribution in [0.25, 0.3) is 17.1 Å². The summed E-state index contributed by atoms with van der Waals surface area (Å²) in [5, 5.41) is 11.9. The van der Waals surface area contributed by atoms with E-state index in [4.69, 9.17) is 28.9 Å². The second-order valence-electron chi connectivity index (χ2n) is 4.24. The third-order valence-corrected chi connectivity index (χ3v) is 3.42. The zero-order valence-electron chi connectivity index (χ0n) is 10.5. The summed E-state index contributed by atoms with van der Waals surface area (Å²) in [7, 11) is 0. The highest BCUT2D eigenvalue weighted by Crippen LogP contribution is 2.28. The van der Waals surface area contributed by atoms with Crippen LogP contribution in [0.2, 0.25) is 10.0 Å². The molecule has 0 saturated carbocycles. The van der Waals surface area contributed by atoms with Crippen molar-refractivity contribution in [3.8, 4) is 17.1 Å². The Morgan fingerprint density at radius 2 is 1.90 bits per heavy atom. The molecular formula is C13H8Cl2FN5. The maximum absolute atomic E-state index is 13.6. The molecule has 0 radical (unpaired) electrons. The van der Waals surface area contributed by atoms with Crippen molar-refractivity contribution in [1.29, 1.82) is 0 Å². The van der Waals surface area contributed by atoms with Gasteiger partial charge in [0.15, 0.2) is 5.82 Å². The lowest BCUT2D eigenvalue weighted by atomic mass is 10.1. The monoisotopic (exact) mass is 323 g/mol. The number of anilines is 1. The second-order valence-corrected chi connectivity index (χ2v) is 5.09. The minimum atomic E-state index is -0.560. The predicted octanol–water partition coefficient (Wildman–Crippen LogP) is 3.36. The summed E-state index contributed by atoms with van der Waals surface area (Å²) in [6.07, 6.45) is 0. The minimum Gasteiger partial charge on any atom is -0.398 e. The van der Waals surface area contributed by atoms with E-state index < -0.39 is 5.82 Å². The van der Waals surface area contributed by atoms with Gasteiger partial charge in [0.25, 0.3) is 0 Å². The molecule has 0 bridgehead atoms. The fraction of sp³-hybridized carbons (Fsp3) is 0. The van der Waals surface area contributed by atoms with Gasteiger partial charge < -0.3 is 5.73 Å². The van der Waals surface area contributed by atoms with Crippen LogP contribution in [0.4, 0.5) is 10.1 Å². The molecule has 2 aromatic carbocycles. The first-order valence-electron chi connectivity index (χ1n) is 5.85. The van der Waals surface area contributed by atoms with Crippen molar-refractivity contribution in [2.45, 2.75) is 0 Å². The number of tetrazole rings is 1. The molecule has 0 unspecified atom stereocenters. The summed E-state index contributed by atoms with van der Waals surface area (Å²) in [6, 6.07) is 9.23. The average Bonchev–Trinajstić information content (AvgIpc) is 2.93. The first-order valence-corrected chi connectivity index (χ1v) is 6.61. The summed E-state index contributed by atoms with van der Waals surface area (Å²) in [5.74, 6) is -0.202. The number of nitrogen functional groups attached to an aromatic ring is 1. The van der Waals surface area contributed by atoms with Crippen LogP contribution in [0.15, 0.2) is 36.4 Å². The summed E-state index contributed by atoms with van der Waals surface area (Å²) >= 11 is 11.6. The van der Waals surface area contributed by atoms with Crippen molar-refractivity contribution in [3.63, 3.8) is 0 Å². The van der Waals surface area contributed by atoms with E-state index in [9.17, 15) is 4.39 Å². The highest BCUT2D eigenvalue weighted by molar-refractivity contribution is 6.31. The molecule has 1 heterocycles. The molecular weight excluding hydrogens is 316 g/mol. The molecule has 0 amide bonds. The largest absolute Gasteiger partial charge is 0.398 e. The van der Waals surface area contributed by atoms with E-state index in [0.717, 1.165) is 0 Å². The Morgan fingerprint density at radius 1 is 1.10 bits per heavy atom. The standard InChI is InChI=1S/C13H8Cl2FN5/c14-7-1-4-12(17)9(5-7)13-18-19-20-21(13)8-2-3-10(15)11(16)6-8/h1-6H,17H2. The van der Waals surface area contributed by atoms with Gasteiger partial charge in [0, 0.05) is 22.3 Å². The highest BCUT2D eigenvalue weighted by atomic mass is 35.5. The Kier molecular flexibility index (Phi) is 3.48. The Balaban J connectivity index is 2.17. The molecule has 0 spiro atoms. The molecule has 0 fully saturated rings. The van der Waals surface area contributed by atoms with E-state index in [-0.39, 0.29) is 5.02 Å². The highest BCUT2D eigenvalue weighted by Gasteiger charge is 2.15. The van der Waals surface area contributed by atoms with Crippen LogP contribution in [0, 0.1) is 5.82 Å². The van der Waals surface area contributed by atoms with Gasteiger partial charge in [-0.1, -0.05) is 23.2 Å². The number of nitrogens with zero attached hydrogens (tertiary/aromatic N) is 4. The molecule has 3 aromatic rings. The van der Waals surface area contributed by atoms with Crippen LogP contribution in [0.1, 0.15) is 0 Å². The molecule has 0 aliphatic rings. The van der Waals surface area contributed by atoms with Gasteiger partial charge >= 0.3 is 0 Å². The molecule has 3 rings (SSSR count). The number of benzene rings is 2. The normalized spacial score (nSPS) is 10.8. The van der Waals surface area contributed by atoms with Crippen molar-refractivity contribution >= 4 is 28.9 Å². The van der Waals surface area contributed by atoms with Crippen molar-refractivity contribution < 1.29 is 4.39 Å². The van der Waals surface area contributed by atoms with Crippen molar-refractivity contribution in [2.75, 3.05) is 5.73 Å². The van der Waals surface area contributed by atoms with Gasteiger partial charge in [0.1, 0.15) is 5.82 Å². The third-order valence-electron chi connectivity index (χ3n) is 2.87. The van der Waals surface area contributed by atoms with Crippen LogP contribution in [-0.4, -0.2) is 20.2 Å². The van der Waals surface area contributed by atoms with Crippen molar-refractivity contribution in [1.82, 2.24) is 20.2 Å². The molecule has 8 heteroatoms. The smallest absolute Gasteiger partial charge is 0.189 e. The zero-order valence-corrected chi connectivity index (χ0v) is 12.0. The number of hydrogen-bond donors (Lipinski definition) is 1. The Bertz CT molecular complexity index is 818. The zero-order chi connectivity index (χ0) is 15.0. The lowest BCUT2D eigenvalue weighted by molar-refractivity contribution is 0.625. The number of hydrogen-bond acceptors (Lipinski definition) is 4. The second kappa shape index (κ2) is 5.31. The lowest BCUT2D eigenvalue weighted by Gasteiger charge is -2.08. The number of halogens is 3. The Hall–Kier alpha value is -2.18. The summed E-state index contributed by atoms with van der Waals surface area (Å²) in [4.78, 5) is 0. The van der Waals surface area contributed by atoms with Gasteiger partial charge in [-0.2, -0.15) is 4.68 Å². The number of aromatic nitrogens is 4. The van der Waals surface area contributed by atoms with Gasteiger partial charge in [-0.3, -0.25) is 0 Å². The van der Waals surface area contributed by atoms with Gasteiger partial charge in [-0.05, 0) is 40.8 Å². The number of nitrogens with two attached hydrogens (primary N) is 1. The van der Waals surface area contributed by atoms with Crippen LogP contribution < -0.4 is 5.73 Å². The Morgan fingerprint density at radius 3 is 2.67 bits per heavy atom. The van der Waals surface area contributed by atoms with Gasteiger partial charge in [-0.25, -0.2) is 4.39 Å². The van der Waals surface area contributed by atoms with Crippen LogP contribution in [0.3, 0.4) is 0 Å². The fourth-order valence-corrected chi connectivity index (χ4v) is 2.16. The molecule has 0 aliphatic heterocycles. The first-order chi connectivity index (χ1) is 10.1. The van der Waals surface area contributed by atoms with Crippen molar-refractivity contribution in [3.05, 3.63) is 52.3 Å². The van der Waals surface area contributed by atoms with E-state index in [2.05, 4.69) is 15.5 Å². The minimum absolute atomic E-state index is 0.0237. The molecule has 0 saturated heterocycles. The molecule has 106 valence electrons. The first kappa shape index (κ1) is 13.8. The predicted molar refractivity (Wildman–Crippen MR) is 79.0 cm³/mol. The summed E-state index contributed by atoms with van der Waals surface area (Å²) in [5.41, 5.74) is 7.37. The van der Waals surface area contributed by atoms with E-state index in [1.807, 2.05) is 0 Å². The van der Waals surface area contributed by atoms with Crippen molar-refractivity contribution in [2.24, 2.45) is 0 Å². The van der Waals surface area contributed by atoms with E-state index in [1.165, 1.54) is 16.8 Å². The van der Waals surface area contributed by atoms with E-state index >= 15 is 0 Å². The maximum atomic E-state index is 13.6. The van der Waals surface area contributed by atoms with Crippen LogP contribution in [0.5, 0.6) is 0 Å². The summed E-state index contributed by atoms with van der Waals surface area (Å²) < 4.78 is 15.0. The molecule has 21 heavy (non-hydrogen) atoms. The quantitative estimate of drug-likeness (QED) is 0.734. The van der Waals surface area contributed by atoms with Gasteiger partial charge in [0.05, 0.1) is 10.7 Å². The molecule has 5 nitrogen and oxygen atoms in total. The molecule has 0 atom stereocenters. The van der Waals surface area contributed by atoms with E-state index in [0.29, 0.717) is 27.8 Å². The maximum Gasteiger partial charge on any atom is 0.189 e. The molecule has 0 aliphatic carbocycles. The van der Waals surface area contributed by atoms with E-state index in [1.54, 1.807) is 24.3 Å². The lowest BCUT2D eigenvalue weighted by Crippen LogP contribution is -2.02. The SMILES string of the molecule is Nc1ccc(Cl)cc1-c1nnnn1-c1ccc(Cl)c(F)c1. The fourth-order valence-electron chi connectivity index (χ4n) is 1.87. The van der Waals surface area contributed by atoms with Crippen LogP contribution in [-0.2, 0) is 0 Å². The third kappa shape index (κ3) is 2.55. The van der Waals surface area contributed by atoms with Crippen LogP contribution >= 0.6 is 23.2 Å².